The number of hydrogen-bond donors (Lipinski definition) is 2. The Morgan fingerprint density at radius 3 is 2.04 bits per heavy atom. The van der Waals surface area contributed by atoms with E-state index in [1.807, 2.05) is 12.1 Å². The monoisotopic (exact) mass is 341 g/mol. The third-order valence-electron chi connectivity index (χ3n) is 6.85. The molecule has 0 amide bonds. The first-order valence-corrected chi connectivity index (χ1v) is 10.7. The molecule has 2 heterocycles. The Labute approximate surface area is 153 Å². The number of para-hydroxylation sites is 2. The summed E-state index contributed by atoms with van der Waals surface area (Å²) in [4.78, 5) is 2.99. The molecule has 138 valence electrons. The third kappa shape index (κ3) is 3.97. The third-order valence-corrected chi connectivity index (χ3v) is 6.85. The second-order valence-electron chi connectivity index (χ2n) is 8.58. The average molecular weight is 342 g/mol. The lowest BCUT2D eigenvalue weighted by molar-refractivity contribution is -0.0111. The smallest absolute Gasteiger partial charge is 0.0576 e. The molecule has 3 heteroatoms. The van der Waals surface area contributed by atoms with Crippen molar-refractivity contribution in [3.05, 3.63) is 24.3 Å². The van der Waals surface area contributed by atoms with Crippen LogP contribution in [0.15, 0.2) is 24.3 Å². The van der Waals surface area contributed by atoms with Gasteiger partial charge >= 0.3 is 0 Å². The van der Waals surface area contributed by atoms with Crippen LogP contribution in [-0.2, 0) is 0 Å². The lowest BCUT2D eigenvalue weighted by Gasteiger charge is -2.53. The number of piperidine rings is 2. The van der Waals surface area contributed by atoms with Crippen LogP contribution in [0.1, 0.15) is 77.0 Å². The Morgan fingerprint density at radius 2 is 1.36 bits per heavy atom. The van der Waals surface area contributed by atoms with Crippen molar-refractivity contribution in [3.8, 4) is 0 Å². The average Bonchev–Trinajstić information content (AvgIpc) is 2.56. The molecule has 3 nitrogen and oxygen atoms in total. The van der Waals surface area contributed by atoms with E-state index in [1.165, 1.54) is 77.0 Å². The van der Waals surface area contributed by atoms with E-state index in [-0.39, 0.29) is 0 Å². The molecule has 0 spiro atoms. The molecule has 0 unspecified atom stereocenters. The molecule has 3 N–H and O–H groups in total. The largest absolute Gasteiger partial charge is 0.397 e. The summed E-state index contributed by atoms with van der Waals surface area (Å²) < 4.78 is 0. The van der Waals surface area contributed by atoms with E-state index < -0.39 is 0 Å². The van der Waals surface area contributed by atoms with Crippen molar-refractivity contribution in [1.29, 1.82) is 0 Å². The van der Waals surface area contributed by atoms with Gasteiger partial charge in [0.05, 0.1) is 11.4 Å². The summed E-state index contributed by atoms with van der Waals surface area (Å²) in [5, 5.41) is 3.77. The highest BCUT2D eigenvalue weighted by atomic mass is 15.2. The van der Waals surface area contributed by atoms with Gasteiger partial charge in [-0.05, 0) is 50.7 Å². The number of nitrogen functional groups attached to an aromatic ring is 1. The number of nitrogens with one attached hydrogen (secondary N) is 1. The van der Waals surface area contributed by atoms with E-state index in [2.05, 4.69) is 22.3 Å². The summed E-state index contributed by atoms with van der Waals surface area (Å²) >= 11 is 0. The fourth-order valence-electron chi connectivity index (χ4n) is 5.71. The van der Waals surface area contributed by atoms with Crippen LogP contribution < -0.4 is 11.1 Å². The minimum absolute atomic E-state index is 0.588. The Kier molecular flexibility index (Phi) is 5.50. The second-order valence-corrected chi connectivity index (χ2v) is 8.58. The second kappa shape index (κ2) is 7.99. The van der Waals surface area contributed by atoms with Gasteiger partial charge in [0, 0.05) is 24.2 Å². The molecule has 1 aliphatic carbocycles. The van der Waals surface area contributed by atoms with Gasteiger partial charge in [-0.25, -0.2) is 0 Å². The van der Waals surface area contributed by atoms with Gasteiger partial charge in [-0.15, -0.1) is 0 Å². The van der Waals surface area contributed by atoms with Crippen molar-refractivity contribution < 1.29 is 0 Å². The van der Waals surface area contributed by atoms with Crippen LogP contribution in [0.3, 0.4) is 0 Å². The highest BCUT2D eigenvalue weighted by Gasteiger charge is 2.41. The highest BCUT2D eigenvalue weighted by Crippen LogP contribution is 2.39. The number of anilines is 2. The van der Waals surface area contributed by atoms with Gasteiger partial charge in [0.2, 0.25) is 0 Å². The fraction of sp³-hybridized carbons (Fsp3) is 0.727. The molecule has 1 aromatic carbocycles. The van der Waals surface area contributed by atoms with E-state index >= 15 is 0 Å². The van der Waals surface area contributed by atoms with E-state index in [0.29, 0.717) is 6.04 Å². The molecule has 2 saturated heterocycles. The molecule has 2 bridgehead atoms. The minimum Gasteiger partial charge on any atom is -0.397 e. The number of hydrogen-bond acceptors (Lipinski definition) is 3. The van der Waals surface area contributed by atoms with E-state index in [9.17, 15) is 0 Å². The quantitative estimate of drug-likeness (QED) is 0.744. The van der Waals surface area contributed by atoms with Crippen LogP contribution >= 0.6 is 0 Å². The van der Waals surface area contributed by atoms with Gasteiger partial charge in [0.25, 0.3) is 0 Å². The molecule has 1 saturated carbocycles. The van der Waals surface area contributed by atoms with E-state index in [4.69, 9.17) is 5.73 Å². The fourth-order valence-corrected chi connectivity index (χ4v) is 5.71. The maximum absolute atomic E-state index is 6.16. The number of fused-ring (bicyclic) bond motifs is 2. The highest BCUT2D eigenvalue weighted by molar-refractivity contribution is 5.66. The van der Waals surface area contributed by atoms with Crippen molar-refractivity contribution >= 4 is 11.4 Å². The summed E-state index contributed by atoms with van der Waals surface area (Å²) in [5.74, 6) is 0. The molecule has 1 aromatic rings. The van der Waals surface area contributed by atoms with Gasteiger partial charge in [-0.1, -0.05) is 50.7 Å². The van der Waals surface area contributed by atoms with Gasteiger partial charge < -0.3 is 11.1 Å². The van der Waals surface area contributed by atoms with Gasteiger partial charge in [0.15, 0.2) is 0 Å². The maximum atomic E-state index is 6.16. The van der Waals surface area contributed by atoms with E-state index in [0.717, 1.165) is 29.5 Å². The Bertz CT molecular complexity index is 536. The molecule has 0 radical (unpaired) electrons. The zero-order chi connectivity index (χ0) is 17.1. The first-order valence-electron chi connectivity index (χ1n) is 10.7. The normalized spacial score (nSPS) is 31.9. The standard InChI is InChI=1S/C22H35N3/c23-21-13-6-7-14-22(21)24-17-15-19-11-8-12-20(16-17)25(19)18-9-4-2-1-3-5-10-18/h6-7,13-14,17-20,24H,1-5,8-12,15-16,23H2/t17-,19-,20+. The predicted molar refractivity (Wildman–Crippen MR) is 107 cm³/mol. The Morgan fingerprint density at radius 1 is 0.760 bits per heavy atom. The van der Waals surface area contributed by atoms with Gasteiger partial charge in [-0.2, -0.15) is 0 Å². The molecule has 4 rings (SSSR count). The number of nitrogens with two attached hydrogens (primary N) is 1. The van der Waals surface area contributed by atoms with Crippen molar-refractivity contribution in [2.45, 2.75) is 101 Å². The van der Waals surface area contributed by atoms with Crippen LogP contribution in [0.2, 0.25) is 0 Å². The molecule has 3 fully saturated rings. The van der Waals surface area contributed by atoms with Crippen molar-refractivity contribution in [1.82, 2.24) is 4.90 Å². The van der Waals surface area contributed by atoms with Crippen LogP contribution in [0.4, 0.5) is 11.4 Å². The van der Waals surface area contributed by atoms with Crippen molar-refractivity contribution in [2.24, 2.45) is 0 Å². The van der Waals surface area contributed by atoms with Crippen molar-refractivity contribution in [3.63, 3.8) is 0 Å². The van der Waals surface area contributed by atoms with Crippen LogP contribution in [0, 0.1) is 0 Å². The van der Waals surface area contributed by atoms with Gasteiger partial charge in [-0.3, -0.25) is 4.90 Å². The molecule has 3 aliphatic rings. The summed E-state index contributed by atoms with van der Waals surface area (Å²) in [6.45, 7) is 0. The number of benzene rings is 1. The number of rotatable bonds is 3. The summed E-state index contributed by atoms with van der Waals surface area (Å²) in [5.41, 5.74) is 8.17. The van der Waals surface area contributed by atoms with Gasteiger partial charge in [0.1, 0.15) is 0 Å². The lowest BCUT2D eigenvalue weighted by Crippen LogP contribution is -2.58. The topological polar surface area (TPSA) is 41.3 Å². The molecule has 25 heavy (non-hydrogen) atoms. The molecule has 0 aromatic heterocycles. The summed E-state index contributed by atoms with van der Waals surface area (Å²) in [6.07, 6.45) is 17.0. The molecular weight excluding hydrogens is 306 g/mol. The van der Waals surface area contributed by atoms with Crippen LogP contribution in [0.5, 0.6) is 0 Å². The molecule has 2 aliphatic heterocycles. The van der Waals surface area contributed by atoms with Crippen LogP contribution in [0.25, 0.3) is 0 Å². The Balaban J connectivity index is 1.44. The van der Waals surface area contributed by atoms with Crippen molar-refractivity contribution in [2.75, 3.05) is 11.1 Å². The van der Waals surface area contributed by atoms with E-state index in [1.54, 1.807) is 0 Å². The lowest BCUT2D eigenvalue weighted by atomic mass is 9.79. The summed E-state index contributed by atoms with van der Waals surface area (Å²) in [7, 11) is 0. The minimum atomic E-state index is 0.588. The van der Waals surface area contributed by atoms with Crippen LogP contribution in [-0.4, -0.2) is 29.1 Å². The maximum Gasteiger partial charge on any atom is 0.0576 e. The Hall–Kier alpha value is -1.22. The first-order chi connectivity index (χ1) is 12.3. The first kappa shape index (κ1) is 17.2. The SMILES string of the molecule is Nc1ccccc1N[C@@H]1C[C@H]2CCC[C@@H](C1)N2C1CCCCCCC1. The molecule has 3 atom stereocenters. The zero-order valence-corrected chi connectivity index (χ0v) is 15.6. The zero-order valence-electron chi connectivity index (χ0n) is 15.6. The summed E-state index contributed by atoms with van der Waals surface area (Å²) in [6, 6.07) is 11.3. The molecular formula is C22H35N3. The predicted octanol–water partition coefficient (Wildman–Crippen LogP) is 5.18. The number of nitrogens with zero attached hydrogens (tertiary/aromatic N) is 1.